The predicted molar refractivity (Wildman–Crippen MR) is 140 cm³/mol. The van der Waals surface area contributed by atoms with Crippen LogP contribution in [-0.4, -0.2) is 37.4 Å². The summed E-state index contributed by atoms with van der Waals surface area (Å²) in [6, 6.07) is 20.9. The van der Waals surface area contributed by atoms with Gasteiger partial charge < -0.3 is 10.1 Å². The third-order valence-electron chi connectivity index (χ3n) is 4.82. The quantitative estimate of drug-likeness (QED) is 0.394. The fourth-order valence-corrected chi connectivity index (χ4v) is 4.63. The van der Waals surface area contributed by atoms with Gasteiger partial charge in [-0.3, -0.25) is 10.1 Å². The fourth-order valence-electron chi connectivity index (χ4n) is 3.00. The Bertz CT molecular complexity index is 1270. The Morgan fingerprint density at radius 2 is 1.74 bits per heavy atom. The Labute approximate surface area is 213 Å². The number of anilines is 1. The number of carbonyl (C=O) groups excluding carboxylic acids is 1. The van der Waals surface area contributed by atoms with E-state index < -0.39 is 15.9 Å². The van der Waals surface area contributed by atoms with Crippen molar-refractivity contribution in [2.24, 2.45) is 0 Å². The van der Waals surface area contributed by atoms with Gasteiger partial charge in [-0.2, -0.15) is 4.31 Å². The average molecular weight is 563 g/mol. The minimum Gasteiger partial charge on any atom is -0.484 e. The molecule has 0 atom stereocenters. The van der Waals surface area contributed by atoms with Crippen molar-refractivity contribution in [1.29, 1.82) is 0 Å². The van der Waals surface area contributed by atoms with Gasteiger partial charge in [-0.25, -0.2) is 8.42 Å². The number of hydrogen-bond donors (Lipinski definition) is 2. The molecule has 0 spiro atoms. The van der Waals surface area contributed by atoms with Crippen molar-refractivity contribution in [2.45, 2.75) is 18.4 Å². The van der Waals surface area contributed by atoms with Crippen molar-refractivity contribution < 1.29 is 17.9 Å². The first-order valence-electron chi connectivity index (χ1n) is 10.3. The highest BCUT2D eigenvalue weighted by Crippen LogP contribution is 2.22. The van der Waals surface area contributed by atoms with Crippen LogP contribution >= 0.6 is 28.1 Å². The molecule has 3 aromatic rings. The maximum Gasteiger partial charge on any atom is 0.264 e. The van der Waals surface area contributed by atoms with E-state index in [4.69, 9.17) is 17.0 Å². The summed E-state index contributed by atoms with van der Waals surface area (Å²) in [4.78, 5) is 12.3. The van der Waals surface area contributed by atoms with Gasteiger partial charge in [0.05, 0.1) is 4.90 Å². The fraction of sp³-hybridized carbons (Fsp3) is 0.167. The molecule has 0 unspecified atom stereocenters. The molecule has 0 heterocycles. The molecule has 3 aromatic carbocycles. The van der Waals surface area contributed by atoms with Gasteiger partial charge in [-0.05, 0) is 72.7 Å². The molecule has 0 fully saturated rings. The highest BCUT2D eigenvalue weighted by atomic mass is 79.9. The van der Waals surface area contributed by atoms with Gasteiger partial charge in [0, 0.05) is 23.8 Å². The molecule has 3 rings (SSSR count). The maximum absolute atomic E-state index is 12.9. The third kappa shape index (κ3) is 7.10. The number of amides is 1. The van der Waals surface area contributed by atoms with Gasteiger partial charge >= 0.3 is 0 Å². The number of aryl methyl sites for hydroxylation is 1. The van der Waals surface area contributed by atoms with E-state index >= 15 is 0 Å². The number of thiocarbonyl (C=S) groups is 1. The summed E-state index contributed by atoms with van der Waals surface area (Å²) in [5.74, 6) is 0.156. The molecule has 0 aliphatic rings. The summed E-state index contributed by atoms with van der Waals surface area (Å²) in [6.07, 6.45) is 0. The number of benzene rings is 3. The van der Waals surface area contributed by atoms with Crippen LogP contribution in [0.3, 0.4) is 0 Å². The van der Waals surface area contributed by atoms with Crippen LogP contribution in [0.4, 0.5) is 5.69 Å². The van der Waals surface area contributed by atoms with Gasteiger partial charge in [0.1, 0.15) is 5.75 Å². The zero-order valence-electron chi connectivity index (χ0n) is 18.6. The van der Waals surface area contributed by atoms with E-state index in [1.54, 1.807) is 18.2 Å². The highest BCUT2D eigenvalue weighted by molar-refractivity contribution is 9.10. The first-order valence-corrected chi connectivity index (χ1v) is 12.9. The average Bonchev–Trinajstić information content (AvgIpc) is 2.80. The van der Waals surface area contributed by atoms with Gasteiger partial charge in [0.15, 0.2) is 11.7 Å². The predicted octanol–water partition coefficient (Wildman–Crippen LogP) is 4.47. The van der Waals surface area contributed by atoms with E-state index in [0.717, 1.165) is 15.6 Å². The Morgan fingerprint density at radius 1 is 1.06 bits per heavy atom. The molecular weight excluding hydrogens is 538 g/mol. The second-order valence-corrected chi connectivity index (χ2v) is 10.8. The lowest BCUT2D eigenvalue weighted by molar-refractivity contribution is -0.121. The molecule has 7 nitrogen and oxygen atoms in total. The number of carbonyl (C=O) groups is 1. The van der Waals surface area contributed by atoms with Crippen LogP contribution in [0, 0.1) is 6.92 Å². The number of rotatable bonds is 8. The second-order valence-electron chi connectivity index (χ2n) is 7.47. The van der Waals surface area contributed by atoms with Crippen LogP contribution in [0.2, 0.25) is 0 Å². The van der Waals surface area contributed by atoms with E-state index in [2.05, 4.69) is 26.6 Å². The summed E-state index contributed by atoms with van der Waals surface area (Å²) < 4.78 is 33.4. The summed E-state index contributed by atoms with van der Waals surface area (Å²) >= 11 is 8.58. The highest BCUT2D eigenvalue weighted by Gasteiger charge is 2.20. The van der Waals surface area contributed by atoms with E-state index in [1.807, 2.05) is 49.4 Å². The summed E-state index contributed by atoms with van der Waals surface area (Å²) in [6.45, 7) is 1.99. The molecule has 0 bridgehead atoms. The maximum atomic E-state index is 12.9. The van der Waals surface area contributed by atoms with Crippen LogP contribution in [0.1, 0.15) is 11.1 Å². The van der Waals surface area contributed by atoms with Crippen molar-refractivity contribution in [3.05, 3.63) is 88.4 Å². The number of sulfonamides is 1. The minimum absolute atomic E-state index is 0.0809. The molecule has 0 saturated heterocycles. The zero-order valence-corrected chi connectivity index (χ0v) is 21.8. The molecular formula is C24H24BrN3O4S2. The molecule has 2 N–H and O–H groups in total. The molecule has 178 valence electrons. The van der Waals surface area contributed by atoms with Crippen molar-refractivity contribution in [3.63, 3.8) is 0 Å². The molecule has 0 aliphatic heterocycles. The summed E-state index contributed by atoms with van der Waals surface area (Å²) in [5.41, 5.74) is 2.43. The first-order chi connectivity index (χ1) is 16.1. The summed E-state index contributed by atoms with van der Waals surface area (Å²) in [7, 11) is -2.12. The Morgan fingerprint density at radius 3 is 2.38 bits per heavy atom. The summed E-state index contributed by atoms with van der Waals surface area (Å²) in [5, 5.41) is 5.48. The second kappa shape index (κ2) is 11.6. The van der Waals surface area contributed by atoms with Crippen molar-refractivity contribution in [1.82, 2.24) is 9.62 Å². The number of ether oxygens (including phenoxy) is 1. The standard InChI is InChI=1S/C24H24BrN3O4S2/c1-17-14-20(10-13-22(17)25)32-16-23(29)27-24(33)26-19-8-11-21(12-9-19)34(30,31)28(2)15-18-6-4-3-5-7-18/h3-14H,15-16H2,1-2H3,(H2,26,27,29,33). The van der Waals surface area contributed by atoms with Gasteiger partial charge in [-0.15, -0.1) is 0 Å². The van der Waals surface area contributed by atoms with Crippen LogP contribution in [0.15, 0.2) is 82.2 Å². The molecule has 0 aromatic heterocycles. The lowest BCUT2D eigenvalue weighted by atomic mass is 10.2. The topological polar surface area (TPSA) is 87.7 Å². The van der Waals surface area contributed by atoms with E-state index in [1.165, 1.54) is 23.5 Å². The lowest BCUT2D eigenvalue weighted by Crippen LogP contribution is -2.37. The number of nitrogens with zero attached hydrogens (tertiary/aromatic N) is 1. The zero-order chi connectivity index (χ0) is 24.7. The van der Waals surface area contributed by atoms with Crippen molar-refractivity contribution >= 4 is 54.9 Å². The largest absolute Gasteiger partial charge is 0.484 e. The van der Waals surface area contributed by atoms with Crippen LogP contribution in [-0.2, 0) is 21.4 Å². The Hall–Kier alpha value is -2.79. The van der Waals surface area contributed by atoms with Crippen molar-refractivity contribution in [3.8, 4) is 5.75 Å². The van der Waals surface area contributed by atoms with E-state index in [0.29, 0.717) is 11.4 Å². The molecule has 1 amide bonds. The number of halogens is 1. The molecule has 10 heteroatoms. The van der Waals surface area contributed by atoms with E-state index in [-0.39, 0.29) is 23.2 Å². The third-order valence-corrected chi connectivity index (χ3v) is 7.73. The van der Waals surface area contributed by atoms with Crippen molar-refractivity contribution in [2.75, 3.05) is 19.0 Å². The lowest BCUT2D eigenvalue weighted by Gasteiger charge is -2.18. The molecule has 34 heavy (non-hydrogen) atoms. The Balaban J connectivity index is 1.52. The van der Waals surface area contributed by atoms with E-state index in [9.17, 15) is 13.2 Å². The van der Waals surface area contributed by atoms with Crippen LogP contribution in [0.25, 0.3) is 0 Å². The molecule has 0 saturated carbocycles. The van der Waals surface area contributed by atoms with Gasteiger partial charge in [-0.1, -0.05) is 46.3 Å². The molecule has 0 radical (unpaired) electrons. The normalized spacial score (nSPS) is 11.2. The number of hydrogen-bond acceptors (Lipinski definition) is 5. The minimum atomic E-state index is -3.66. The molecule has 0 aliphatic carbocycles. The first kappa shape index (κ1) is 25.8. The number of nitrogens with one attached hydrogen (secondary N) is 2. The monoisotopic (exact) mass is 561 g/mol. The smallest absolute Gasteiger partial charge is 0.264 e. The SMILES string of the molecule is Cc1cc(OCC(=O)NC(=S)Nc2ccc(S(=O)(=O)N(C)Cc3ccccc3)cc2)ccc1Br. The van der Waals surface area contributed by atoms with Gasteiger partial charge in [0.25, 0.3) is 5.91 Å². The van der Waals surface area contributed by atoms with Crippen LogP contribution < -0.4 is 15.4 Å². The van der Waals surface area contributed by atoms with Crippen LogP contribution in [0.5, 0.6) is 5.75 Å². The van der Waals surface area contributed by atoms with Gasteiger partial charge in [0.2, 0.25) is 10.0 Å². The Kier molecular flexibility index (Phi) is 8.78.